The summed E-state index contributed by atoms with van der Waals surface area (Å²) in [5.74, 6) is 0.151. The minimum atomic E-state index is -2.32. The Bertz CT molecular complexity index is 532. The molecule has 0 heterocycles. The van der Waals surface area contributed by atoms with Crippen LogP contribution in [0.15, 0.2) is 30.3 Å². The van der Waals surface area contributed by atoms with Gasteiger partial charge in [-0.1, -0.05) is 44.2 Å². The topological polar surface area (TPSA) is 55.5 Å². The van der Waals surface area contributed by atoms with Gasteiger partial charge in [0.1, 0.15) is 6.17 Å². The van der Waals surface area contributed by atoms with Crippen LogP contribution in [0.4, 0.5) is 4.39 Å². The first-order valence-electron chi connectivity index (χ1n) is 9.39. The van der Waals surface area contributed by atoms with Crippen molar-refractivity contribution in [1.29, 1.82) is 0 Å². The van der Waals surface area contributed by atoms with Gasteiger partial charge in [0.05, 0.1) is 12.7 Å². The minimum Gasteiger partial charge on any atom is -0.432 e. The van der Waals surface area contributed by atoms with E-state index in [9.17, 15) is 9.19 Å². The van der Waals surface area contributed by atoms with E-state index in [1.54, 1.807) is 0 Å². The monoisotopic (exact) mass is 367 g/mol. The van der Waals surface area contributed by atoms with Crippen LogP contribution in [0.25, 0.3) is 0 Å². The van der Waals surface area contributed by atoms with E-state index in [4.69, 9.17) is 10.5 Å². The van der Waals surface area contributed by atoms with E-state index in [0.717, 1.165) is 12.8 Å². The molecule has 2 rings (SSSR count). The molecule has 1 aliphatic carbocycles. The summed E-state index contributed by atoms with van der Waals surface area (Å²) in [6.45, 7) is 8.71. The highest BCUT2D eigenvalue weighted by Gasteiger charge is 2.40. The summed E-state index contributed by atoms with van der Waals surface area (Å²) in [5, 5.41) is -0.152. The normalized spacial score (nSPS) is 26.4. The van der Waals surface area contributed by atoms with Crippen LogP contribution in [-0.2, 0) is 4.74 Å². The predicted octanol–water partition coefficient (Wildman–Crippen LogP) is 4.37. The standard InChI is InChI=1S/C20H34FNO2Si/c1-20(2,25(3,4)23)13-16(15-8-6-5-7-9-15)14-24-19-11-10-17(22)12-18(19)21/h5-9,16-19,23H,10-14,22H2,1-4H3/t16?,17-,18-,19-/m0/s1. The molecule has 0 aliphatic heterocycles. The Hall–Kier alpha value is -0.753. The lowest BCUT2D eigenvalue weighted by molar-refractivity contribution is -0.0349. The van der Waals surface area contributed by atoms with E-state index in [1.165, 1.54) is 5.56 Å². The van der Waals surface area contributed by atoms with Crippen molar-refractivity contribution in [2.45, 2.75) is 81.9 Å². The highest BCUT2D eigenvalue weighted by molar-refractivity contribution is 6.72. The molecule has 0 amide bonds. The smallest absolute Gasteiger partial charge is 0.188 e. The van der Waals surface area contributed by atoms with Gasteiger partial charge in [-0.05, 0) is 49.4 Å². The van der Waals surface area contributed by atoms with Gasteiger partial charge in [-0.2, -0.15) is 0 Å². The van der Waals surface area contributed by atoms with Crippen LogP contribution in [0, 0.1) is 0 Å². The lowest BCUT2D eigenvalue weighted by Crippen LogP contribution is -2.41. The number of hydrogen-bond donors (Lipinski definition) is 2. The quantitative estimate of drug-likeness (QED) is 0.704. The van der Waals surface area contributed by atoms with Crippen molar-refractivity contribution in [2.75, 3.05) is 6.61 Å². The zero-order chi connectivity index (χ0) is 18.7. The largest absolute Gasteiger partial charge is 0.432 e. The number of rotatable bonds is 7. The van der Waals surface area contributed by atoms with E-state index in [-0.39, 0.29) is 23.1 Å². The summed E-state index contributed by atoms with van der Waals surface area (Å²) in [7, 11) is -2.32. The molecule has 5 heteroatoms. The van der Waals surface area contributed by atoms with Crippen molar-refractivity contribution in [2.24, 2.45) is 5.73 Å². The second-order valence-corrected chi connectivity index (χ2v) is 13.2. The van der Waals surface area contributed by atoms with Gasteiger partial charge in [0.2, 0.25) is 0 Å². The van der Waals surface area contributed by atoms with Crippen molar-refractivity contribution < 1.29 is 13.9 Å². The van der Waals surface area contributed by atoms with E-state index in [1.807, 2.05) is 31.3 Å². The first-order valence-corrected chi connectivity index (χ1v) is 12.3. The number of benzene rings is 1. The van der Waals surface area contributed by atoms with Gasteiger partial charge in [0.15, 0.2) is 8.32 Å². The summed E-state index contributed by atoms with van der Waals surface area (Å²) in [6.07, 6.45) is 1.40. The highest BCUT2D eigenvalue weighted by atomic mass is 28.4. The zero-order valence-corrected chi connectivity index (χ0v) is 17.0. The fourth-order valence-corrected chi connectivity index (χ4v) is 4.16. The fourth-order valence-electron chi connectivity index (χ4n) is 3.41. The molecule has 0 spiro atoms. The highest BCUT2D eigenvalue weighted by Crippen LogP contribution is 2.44. The zero-order valence-electron chi connectivity index (χ0n) is 16.0. The molecule has 4 atom stereocenters. The molecule has 1 aliphatic rings. The third kappa shape index (κ3) is 5.61. The number of nitrogens with two attached hydrogens (primary N) is 1. The van der Waals surface area contributed by atoms with Gasteiger partial charge in [-0.15, -0.1) is 0 Å². The number of alkyl halides is 1. The van der Waals surface area contributed by atoms with Gasteiger partial charge in [-0.3, -0.25) is 0 Å². The summed E-state index contributed by atoms with van der Waals surface area (Å²) in [6, 6.07) is 10.2. The SMILES string of the molecule is CC(C)(CC(CO[C@H]1CC[C@H](N)C[C@@H]1F)c1ccccc1)[Si](C)(C)O. The van der Waals surface area contributed by atoms with Crippen LogP contribution in [0.5, 0.6) is 0 Å². The first-order chi connectivity index (χ1) is 11.6. The van der Waals surface area contributed by atoms with Crippen LogP contribution in [0.2, 0.25) is 18.1 Å². The summed E-state index contributed by atoms with van der Waals surface area (Å²) < 4.78 is 20.3. The van der Waals surface area contributed by atoms with E-state index in [0.29, 0.717) is 19.4 Å². The molecular weight excluding hydrogens is 333 g/mol. The number of halogens is 1. The average Bonchev–Trinajstić information content (AvgIpc) is 2.52. The van der Waals surface area contributed by atoms with Crippen molar-refractivity contribution in [3.63, 3.8) is 0 Å². The molecule has 0 aromatic heterocycles. The lowest BCUT2D eigenvalue weighted by atomic mass is 9.89. The van der Waals surface area contributed by atoms with Crippen molar-refractivity contribution >= 4 is 8.32 Å². The Morgan fingerprint density at radius 2 is 1.92 bits per heavy atom. The van der Waals surface area contributed by atoms with Crippen LogP contribution < -0.4 is 5.73 Å². The first kappa shape index (κ1) is 20.6. The van der Waals surface area contributed by atoms with Gasteiger partial charge in [-0.25, -0.2) is 4.39 Å². The third-order valence-corrected chi connectivity index (χ3v) is 9.47. The molecule has 0 saturated heterocycles. The molecular formula is C20H34FNO2Si. The van der Waals surface area contributed by atoms with Crippen LogP contribution >= 0.6 is 0 Å². The molecule has 1 saturated carbocycles. The second kappa shape index (κ2) is 8.29. The molecule has 1 fully saturated rings. The van der Waals surface area contributed by atoms with Gasteiger partial charge >= 0.3 is 0 Å². The Balaban J connectivity index is 2.08. The summed E-state index contributed by atoms with van der Waals surface area (Å²) in [4.78, 5) is 10.7. The number of ether oxygens (including phenoxy) is 1. The van der Waals surface area contributed by atoms with E-state index >= 15 is 0 Å². The fraction of sp³-hybridized carbons (Fsp3) is 0.700. The molecule has 3 N–H and O–H groups in total. The second-order valence-electron chi connectivity index (χ2n) is 8.72. The van der Waals surface area contributed by atoms with Crippen LogP contribution in [0.1, 0.15) is 51.0 Å². The molecule has 1 unspecified atom stereocenters. The molecule has 142 valence electrons. The maximum Gasteiger partial charge on any atom is 0.188 e. The van der Waals surface area contributed by atoms with Crippen molar-refractivity contribution in [1.82, 2.24) is 0 Å². The average molecular weight is 368 g/mol. The molecule has 25 heavy (non-hydrogen) atoms. The van der Waals surface area contributed by atoms with Gasteiger partial charge in [0, 0.05) is 12.0 Å². The van der Waals surface area contributed by atoms with E-state index < -0.39 is 14.5 Å². The van der Waals surface area contributed by atoms with Crippen LogP contribution in [-0.4, -0.2) is 38.0 Å². The third-order valence-electron chi connectivity index (χ3n) is 5.95. The Kier molecular flexibility index (Phi) is 6.82. The Labute approximate surface area is 152 Å². The molecule has 1 aromatic carbocycles. The number of hydrogen-bond acceptors (Lipinski definition) is 3. The van der Waals surface area contributed by atoms with Crippen molar-refractivity contribution in [3.05, 3.63) is 35.9 Å². The predicted molar refractivity (Wildman–Crippen MR) is 104 cm³/mol. The maximum atomic E-state index is 14.2. The Morgan fingerprint density at radius 1 is 1.28 bits per heavy atom. The maximum absolute atomic E-state index is 14.2. The van der Waals surface area contributed by atoms with Gasteiger partial charge < -0.3 is 15.3 Å². The molecule has 0 bridgehead atoms. The van der Waals surface area contributed by atoms with Gasteiger partial charge in [0.25, 0.3) is 0 Å². The summed E-state index contributed by atoms with van der Waals surface area (Å²) >= 11 is 0. The molecule has 1 aromatic rings. The summed E-state index contributed by atoms with van der Waals surface area (Å²) in [5.41, 5.74) is 7.04. The van der Waals surface area contributed by atoms with E-state index in [2.05, 4.69) is 26.0 Å². The van der Waals surface area contributed by atoms with Crippen LogP contribution in [0.3, 0.4) is 0 Å². The molecule has 0 radical (unpaired) electrons. The Morgan fingerprint density at radius 3 is 2.48 bits per heavy atom. The molecule has 3 nitrogen and oxygen atoms in total. The van der Waals surface area contributed by atoms with Crippen molar-refractivity contribution in [3.8, 4) is 0 Å². The lowest BCUT2D eigenvalue weighted by Gasteiger charge is -2.38. The minimum absolute atomic E-state index is 0.0418.